The van der Waals surface area contributed by atoms with Crippen molar-refractivity contribution in [2.75, 3.05) is 18.1 Å². The Bertz CT molecular complexity index is 2280. The summed E-state index contributed by atoms with van der Waals surface area (Å²) < 4.78 is 49.3. The molecule has 0 unspecified atom stereocenters. The third-order valence-electron chi connectivity index (χ3n) is 19.9. The number of amides is 1. The molecule has 18 heteroatoms. The first-order chi connectivity index (χ1) is 36.1. The minimum atomic E-state index is -2.85. The Morgan fingerprint density at radius 3 is 1.92 bits per heavy atom. The molecule has 6 rings (SSSR count). The maximum absolute atomic E-state index is 17.2. The zero-order valence-electron chi connectivity index (χ0n) is 49.8. The molecule has 2 heterocycles. The van der Waals surface area contributed by atoms with E-state index >= 15 is 9.59 Å². The molecular formula is C59H97NO13SSi3. The number of nitrogens with one attached hydrogen (secondary N) is 1. The van der Waals surface area contributed by atoms with Crippen LogP contribution in [0.4, 0.5) is 0 Å². The van der Waals surface area contributed by atoms with Crippen molar-refractivity contribution < 1.29 is 61.3 Å². The third-order valence-corrected chi connectivity index (χ3v) is 34.7. The number of ketones is 1. The van der Waals surface area contributed by atoms with Crippen LogP contribution in [0.3, 0.4) is 0 Å². The van der Waals surface area contributed by atoms with E-state index in [1.807, 2.05) is 58.0 Å². The molecule has 2 saturated heterocycles. The second-order valence-corrected chi connectivity index (χ2v) is 40.7. The first kappa shape index (κ1) is 63.5. The van der Waals surface area contributed by atoms with E-state index in [1.165, 1.54) is 6.92 Å². The number of Topliss-reactive ketones (excluding diaryl/α,β-unsaturated/α-hetero) is 1. The van der Waals surface area contributed by atoms with E-state index in [4.69, 9.17) is 32.2 Å². The average molecular weight is 1140 g/mol. The van der Waals surface area contributed by atoms with Crippen LogP contribution in [0.2, 0.25) is 54.4 Å². The van der Waals surface area contributed by atoms with Gasteiger partial charge in [-0.05, 0) is 122 Å². The Labute approximate surface area is 469 Å². The zero-order chi connectivity index (χ0) is 57.2. The van der Waals surface area contributed by atoms with Crippen LogP contribution in [0.15, 0.2) is 41.5 Å². The van der Waals surface area contributed by atoms with Crippen LogP contribution in [-0.4, -0.2) is 126 Å². The number of esters is 3. The van der Waals surface area contributed by atoms with Gasteiger partial charge in [0, 0.05) is 38.0 Å². The molecule has 0 radical (unpaired) electrons. The number of benzene rings is 1. The molecule has 1 amide bonds. The van der Waals surface area contributed by atoms with Crippen molar-refractivity contribution in [1.82, 2.24) is 5.32 Å². The van der Waals surface area contributed by atoms with Crippen molar-refractivity contribution >= 4 is 66.3 Å². The second kappa shape index (κ2) is 24.8. The van der Waals surface area contributed by atoms with Gasteiger partial charge in [0.1, 0.15) is 30.0 Å². The number of hydrogen-bond donors (Lipinski definition) is 2. The van der Waals surface area contributed by atoms with Gasteiger partial charge in [-0.15, -0.1) is 0 Å². The Balaban J connectivity index is 1.71. The largest absolute Gasteiger partial charge is 0.459 e. The number of rotatable bonds is 14. The standard InChI is InChI=1S/C59H97NO13SSi3/c1-17-76(18-2,19-3)71-43-36-44-58(38-67-44,70-40(8)61)51-53-59(66)37-42(39(7)47(56(59,12)13)49(52(64)57(43,51)14)73-77(20-4,21-5)22-6)68-54(65)50(72-75(15,16)55(9,10)11)48(41-30-24-23-25-31-41)60-45(62)32-26-28-34-74-35-29-27-33-46(63)69-53/h23-25,30-31,42-44,48-51,53,66H,17-22,26-29,32-38H2,1-16H3,(H,60,62)/t42-,43-,44+,48+,49-,50-,51-,53+,57+,58+,59+/m0/s1. The monoisotopic (exact) mass is 1140 g/mol. The van der Waals surface area contributed by atoms with Gasteiger partial charge >= 0.3 is 17.9 Å². The minimum Gasteiger partial charge on any atom is -0.459 e. The fourth-order valence-corrected chi connectivity index (χ4v) is 21.2. The molecule has 2 aliphatic heterocycles. The average Bonchev–Trinajstić information content (AvgIpc) is 3.37. The van der Waals surface area contributed by atoms with Crippen molar-refractivity contribution in [3.8, 4) is 0 Å². The summed E-state index contributed by atoms with van der Waals surface area (Å²) >= 11 is 1.76. The normalized spacial score (nSPS) is 33.2. The summed E-state index contributed by atoms with van der Waals surface area (Å²) in [6.07, 6.45) is -4.09. The van der Waals surface area contributed by atoms with Crippen molar-refractivity contribution in [3.05, 3.63) is 47.0 Å². The maximum Gasteiger partial charge on any atom is 0.337 e. The highest BCUT2D eigenvalue weighted by Gasteiger charge is 2.79. The molecule has 0 aromatic heterocycles. The van der Waals surface area contributed by atoms with Crippen LogP contribution < -0.4 is 5.32 Å². The van der Waals surface area contributed by atoms with Crippen LogP contribution in [0.1, 0.15) is 160 Å². The van der Waals surface area contributed by atoms with Crippen LogP contribution in [-0.2, 0) is 56.2 Å². The SMILES string of the molecule is CC[Si](CC)(CC)O[C@@H]1C(=O)[C@]2(C)[C@@H](O[Si](CC)(CC)CC)C[C@H]3OC[C@]3(OC(C)=O)[C@H]2[C@H]2OC(=O)CCCCSCCCCC(=O)N[C@H](c3ccccc3)[C@H](O[Si](C)(C)C(C)(C)C)C(=O)O[C@H]3C[C@]2(O)C(C)(C)C1=C3C. The lowest BCUT2D eigenvalue weighted by atomic mass is 9.44. The molecule has 11 atom stereocenters. The van der Waals surface area contributed by atoms with E-state index in [0.29, 0.717) is 47.7 Å². The Kier molecular flexibility index (Phi) is 20.5. The topological polar surface area (TPSA) is 182 Å². The highest BCUT2D eigenvalue weighted by atomic mass is 32.2. The van der Waals surface area contributed by atoms with Gasteiger partial charge in [-0.2, -0.15) is 11.8 Å². The van der Waals surface area contributed by atoms with Gasteiger partial charge in [-0.25, -0.2) is 4.79 Å². The number of hydrogen-bond acceptors (Lipinski definition) is 14. The quantitative estimate of drug-likeness (QED) is 0.0777. The third kappa shape index (κ3) is 12.3. The summed E-state index contributed by atoms with van der Waals surface area (Å²) in [7, 11) is -8.20. The van der Waals surface area contributed by atoms with Gasteiger partial charge in [0.25, 0.3) is 0 Å². The Morgan fingerprint density at radius 1 is 0.818 bits per heavy atom. The second-order valence-electron chi connectivity index (χ2n) is 25.3. The minimum absolute atomic E-state index is 0.0277. The summed E-state index contributed by atoms with van der Waals surface area (Å²) in [5.41, 5.74) is -5.04. The Hall–Kier alpha value is -2.69. The summed E-state index contributed by atoms with van der Waals surface area (Å²) in [6, 6.07) is 12.8. The van der Waals surface area contributed by atoms with Crippen molar-refractivity contribution in [2.45, 2.75) is 257 Å². The number of ether oxygens (including phenoxy) is 4. The molecule has 0 spiro atoms. The van der Waals surface area contributed by atoms with Gasteiger partial charge in [0.15, 0.2) is 42.4 Å². The fraction of sp³-hybridized carbons (Fsp3) is 0.780. The smallest absolute Gasteiger partial charge is 0.337 e. The lowest BCUT2D eigenvalue weighted by Gasteiger charge is -2.68. The molecule has 4 fully saturated rings. The van der Waals surface area contributed by atoms with E-state index in [2.05, 4.69) is 80.7 Å². The van der Waals surface area contributed by atoms with Crippen LogP contribution in [0.5, 0.6) is 0 Å². The Morgan fingerprint density at radius 2 is 1.39 bits per heavy atom. The maximum atomic E-state index is 17.2. The number of thioether (sulfide) groups is 1. The summed E-state index contributed by atoms with van der Waals surface area (Å²) in [4.78, 5) is 75.8. The number of aliphatic hydroxyl groups is 1. The van der Waals surface area contributed by atoms with Crippen LogP contribution >= 0.6 is 11.8 Å². The molecule has 77 heavy (non-hydrogen) atoms. The number of carbonyl (C=O) groups is 5. The molecule has 2 saturated carbocycles. The summed E-state index contributed by atoms with van der Waals surface area (Å²) in [6.45, 7) is 31.8. The van der Waals surface area contributed by atoms with Crippen molar-refractivity contribution in [1.29, 1.82) is 0 Å². The molecule has 1 aromatic rings. The van der Waals surface area contributed by atoms with Crippen molar-refractivity contribution in [2.24, 2.45) is 16.7 Å². The molecule has 3 bridgehead atoms. The first-order valence-electron chi connectivity index (χ1n) is 29.2. The van der Waals surface area contributed by atoms with Crippen molar-refractivity contribution in [3.63, 3.8) is 0 Å². The van der Waals surface area contributed by atoms with Gasteiger partial charge in [0.05, 0.1) is 30.1 Å². The molecule has 14 nitrogen and oxygen atoms in total. The molecule has 2 N–H and O–H groups in total. The van der Waals surface area contributed by atoms with Gasteiger partial charge < -0.3 is 42.6 Å². The zero-order valence-corrected chi connectivity index (χ0v) is 53.6. The van der Waals surface area contributed by atoms with E-state index < -0.39 is 113 Å². The molecule has 3 aliphatic carbocycles. The molecule has 5 aliphatic rings. The van der Waals surface area contributed by atoms with Gasteiger partial charge in [-0.3, -0.25) is 19.2 Å². The van der Waals surface area contributed by atoms with Crippen LogP contribution in [0.25, 0.3) is 0 Å². The van der Waals surface area contributed by atoms with Crippen LogP contribution in [0, 0.1) is 16.7 Å². The highest BCUT2D eigenvalue weighted by molar-refractivity contribution is 7.99. The van der Waals surface area contributed by atoms with Gasteiger partial charge in [-0.1, -0.05) is 106 Å². The number of carbonyl (C=O) groups excluding carboxylic acids is 5. The number of fused-ring (bicyclic) bond motifs is 6. The molecule has 434 valence electrons. The predicted molar refractivity (Wildman–Crippen MR) is 310 cm³/mol. The fourth-order valence-electron chi connectivity index (χ4n) is 13.3. The van der Waals surface area contributed by atoms with Gasteiger partial charge in [0.2, 0.25) is 5.91 Å². The molecule has 1 aromatic carbocycles. The lowest BCUT2D eigenvalue weighted by Crippen LogP contribution is -2.82. The van der Waals surface area contributed by atoms with E-state index in [1.54, 1.807) is 11.8 Å². The lowest BCUT2D eigenvalue weighted by molar-refractivity contribution is -0.346. The summed E-state index contributed by atoms with van der Waals surface area (Å²) in [5, 5.41) is 17.5. The predicted octanol–water partition coefficient (Wildman–Crippen LogP) is 11.7. The van der Waals surface area contributed by atoms with E-state index in [-0.39, 0.29) is 49.0 Å². The van der Waals surface area contributed by atoms with E-state index in [9.17, 15) is 19.5 Å². The molecular weight excluding hydrogens is 1050 g/mol. The van der Waals surface area contributed by atoms with E-state index in [0.717, 1.165) is 42.5 Å². The highest BCUT2D eigenvalue weighted by Crippen LogP contribution is 2.65. The summed E-state index contributed by atoms with van der Waals surface area (Å²) in [5.74, 6) is -2.07. The first-order valence-corrected chi connectivity index (χ1v) is 38.3.